The van der Waals surface area contributed by atoms with E-state index >= 15 is 0 Å². The van der Waals surface area contributed by atoms with Gasteiger partial charge in [0.2, 0.25) is 0 Å². The lowest BCUT2D eigenvalue weighted by atomic mass is 10.0. The number of nitrogens with one attached hydrogen (secondary N) is 2. The topological polar surface area (TPSA) is 75.7 Å². The van der Waals surface area contributed by atoms with Crippen LogP contribution >= 0.6 is 12.2 Å². The number of halogens is 2. The van der Waals surface area contributed by atoms with E-state index in [0.29, 0.717) is 30.8 Å². The molecule has 118 valence electrons. The molecule has 2 N–H and O–H groups in total. The summed E-state index contributed by atoms with van der Waals surface area (Å²) in [6.45, 7) is 0.900. The maximum atomic E-state index is 14.0. The fourth-order valence-electron chi connectivity index (χ4n) is 2.71. The summed E-state index contributed by atoms with van der Waals surface area (Å²) in [7, 11) is 0. The summed E-state index contributed by atoms with van der Waals surface area (Å²) in [5.41, 5.74) is 0.925. The van der Waals surface area contributed by atoms with Crippen molar-refractivity contribution in [3.8, 4) is 6.07 Å². The van der Waals surface area contributed by atoms with E-state index in [2.05, 4.69) is 9.97 Å². The Hall–Kier alpha value is -2.37. The lowest BCUT2D eigenvalue weighted by Crippen LogP contribution is -2.35. The Labute approximate surface area is 135 Å². The van der Waals surface area contributed by atoms with Gasteiger partial charge in [0.05, 0.1) is 11.6 Å². The SMILES string of the molecule is N#Cc1cc(F)c(CN2CCc3c([nH]c(=S)[nH]c3=O)C2)c(F)c1. The Morgan fingerprint density at radius 1 is 1.30 bits per heavy atom. The second-order valence-electron chi connectivity index (χ2n) is 5.36. The first-order chi connectivity index (χ1) is 11.0. The van der Waals surface area contributed by atoms with Crippen molar-refractivity contribution in [2.45, 2.75) is 19.5 Å². The minimum absolute atomic E-state index is 0.0518. The number of hydrogen-bond acceptors (Lipinski definition) is 4. The van der Waals surface area contributed by atoms with Crippen LogP contribution in [0.1, 0.15) is 22.4 Å². The van der Waals surface area contributed by atoms with Crippen molar-refractivity contribution in [2.24, 2.45) is 0 Å². The summed E-state index contributed by atoms with van der Waals surface area (Å²) in [6.07, 6.45) is 0.469. The molecule has 0 saturated carbocycles. The number of H-pyrrole nitrogens is 2. The van der Waals surface area contributed by atoms with Crippen LogP contribution in [-0.4, -0.2) is 21.4 Å². The third-order valence-electron chi connectivity index (χ3n) is 3.84. The molecule has 5 nitrogen and oxygen atoms in total. The van der Waals surface area contributed by atoms with Crippen LogP contribution in [0.25, 0.3) is 0 Å². The molecule has 8 heteroatoms. The van der Waals surface area contributed by atoms with Gasteiger partial charge in [-0.2, -0.15) is 5.26 Å². The fraction of sp³-hybridized carbons (Fsp3) is 0.267. The summed E-state index contributed by atoms with van der Waals surface area (Å²) in [5, 5.41) is 8.72. The van der Waals surface area contributed by atoms with Crippen molar-refractivity contribution < 1.29 is 8.78 Å². The zero-order chi connectivity index (χ0) is 16.6. The molecule has 0 spiro atoms. The van der Waals surface area contributed by atoms with E-state index in [1.807, 2.05) is 4.90 Å². The average Bonchev–Trinajstić information content (AvgIpc) is 2.50. The lowest BCUT2D eigenvalue weighted by Gasteiger charge is -2.28. The quantitative estimate of drug-likeness (QED) is 0.825. The first kappa shape index (κ1) is 15.5. The molecule has 0 atom stereocenters. The molecule has 3 rings (SSSR count). The second kappa shape index (κ2) is 6.02. The number of nitriles is 1. The van der Waals surface area contributed by atoms with Gasteiger partial charge in [0.25, 0.3) is 5.56 Å². The fourth-order valence-corrected chi connectivity index (χ4v) is 2.92. The number of aromatic amines is 2. The maximum Gasteiger partial charge on any atom is 0.255 e. The molecule has 0 unspecified atom stereocenters. The van der Waals surface area contributed by atoms with Gasteiger partial charge >= 0.3 is 0 Å². The first-order valence-corrected chi connectivity index (χ1v) is 7.33. The molecule has 2 aromatic rings. The molecule has 0 fully saturated rings. The van der Waals surface area contributed by atoms with E-state index in [-0.39, 0.29) is 28.0 Å². The number of hydrogen-bond donors (Lipinski definition) is 2. The molecule has 1 aromatic heterocycles. The van der Waals surface area contributed by atoms with E-state index in [4.69, 9.17) is 17.5 Å². The number of benzene rings is 1. The highest BCUT2D eigenvalue weighted by Gasteiger charge is 2.22. The Bertz CT molecular complexity index is 905. The normalized spacial score (nSPS) is 14.3. The molecule has 0 saturated heterocycles. The minimum atomic E-state index is -0.744. The third-order valence-corrected chi connectivity index (χ3v) is 4.05. The van der Waals surface area contributed by atoms with E-state index in [0.717, 1.165) is 12.1 Å². The zero-order valence-electron chi connectivity index (χ0n) is 11.9. The van der Waals surface area contributed by atoms with Gasteiger partial charge in [0.1, 0.15) is 11.6 Å². The Kier molecular flexibility index (Phi) is 4.07. The molecule has 0 radical (unpaired) electrons. The van der Waals surface area contributed by atoms with Gasteiger partial charge in [-0.05, 0) is 30.8 Å². The summed E-state index contributed by atoms with van der Waals surface area (Å²) in [6, 6.07) is 3.76. The van der Waals surface area contributed by atoms with E-state index < -0.39 is 11.6 Å². The molecule has 0 aliphatic carbocycles. The molecule has 2 heterocycles. The Morgan fingerprint density at radius 2 is 2.00 bits per heavy atom. The van der Waals surface area contributed by atoms with Gasteiger partial charge < -0.3 is 4.98 Å². The highest BCUT2D eigenvalue weighted by atomic mass is 32.1. The van der Waals surface area contributed by atoms with Crippen LogP contribution in [0.4, 0.5) is 8.78 Å². The van der Waals surface area contributed by atoms with Crippen LogP contribution in [0, 0.1) is 27.7 Å². The van der Waals surface area contributed by atoms with Crippen molar-refractivity contribution in [3.05, 3.63) is 61.3 Å². The first-order valence-electron chi connectivity index (χ1n) is 6.92. The maximum absolute atomic E-state index is 14.0. The summed E-state index contributed by atoms with van der Waals surface area (Å²) < 4.78 is 28.2. The Morgan fingerprint density at radius 3 is 2.65 bits per heavy atom. The van der Waals surface area contributed by atoms with Gasteiger partial charge in [-0.3, -0.25) is 14.7 Å². The summed E-state index contributed by atoms with van der Waals surface area (Å²) in [4.78, 5) is 19.1. The van der Waals surface area contributed by atoms with Crippen LogP contribution in [0.3, 0.4) is 0 Å². The number of aromatic nitrogens is 2. The molecule has 0 amide bonds. The molecule has 1 aliphatic rings. The van der Waals surface area contributed by atoms with E-state index in [1.165, 1.54) is 0 Å². The van der Waals surface area contributed by atoms with Crippen molar-refractivity contribution in [2.75, 3.05) is 6.54 Å². The van der Waals surface area contributed by atoms with Gasteiger partial charge in [0, 0.05) is 36.5 Å². The van der Waals surface area contributed by atoms with E-state index in [9.17, 15) is 13.6 Å². The number of fused-ring (bicyclic) bond motifs is 1. The predicted octanol–water partition coefficient (Wildman–Crippen LogP) is 2.14. The average molecular weight is 334 g/mol. The highest BCUT2D eigenvalue weighted by molar-refractivity contribution is 7.71. The molecule has 1 aromatic carbocycles. The van der Waals surface area contributed by atoms with Crippen molar-refractivity contribution >= 4 is 12.2 Å². The Balaban J connectivity index is 1.87. The van der Waals surface area contributed by atoms with Crippen LogP contribution in [0.2, 0.25) is 0 Å². The van der Waals surface area contributed by atoms with Crippen LogP contribution in [-0.2, 0) is 19.5 Å². The highest BCUT2D eigenvalue weighted by Crippen LogP contribution is 2.21. The van der Waals surface area contributed by atoms with Crippen molar-refractivity contribution in [1.29, 1.82) is 5.26 Å². The van der Waals surface area contributed by atoms with Gasteiger partial charge in [-0.25, -0.2) is 8.78 Å². The van der Waals surface area contributed by atoms with E-state index in [1.54, 1.807) is 6.07 Å². The largest absolute Gasteiger partial charge is 0.334 e. The van der Waals surface area contributed by atoms with Gasteiger partial charge in [-0.1, -0.05) is 0 Å². The van der Waals surface area contributed by atoms with Gasteiger partial charge in [0.15, 0.2) is 4.77 Å². The van der Waals surface area contributed by atoms with Crippen LogP contribution in [0.15, 0.2) is 16.9 Å². The lowest BCUT2D eigenvalue weighted by molar-refractivity contribution is 0.233. The molecule has 0 bridgehead atoms. The molecular weight excluding hydrogens is 322 g/mol. The monoisotopic (exact) mass is 334 g/mol. The number of nitrogens with zero attached hydrogens (tertiary/aromatic N) is 2. The third kappa shape index (κ3) is 3.06. The molecule has 1 aliphatic heterocycles. The smallest absolute Gasteiger partial charge is 0.255 e. The van der Waals surface area contributed by atoms with Crippen molar-refractivity contribution in [3.63, 3.8) is 0 Å². The van der Waals surface area contributed by atoms with Crippen LogP contribution in [0.5, 0.6) is 0 Å². The zero-order valence-corrected chi connectivity index (χ0v) is 12.8. The minimum Gasteiger partial charge on any atom is -0.334 e. The van der Waals surface area contributed by atoms with Gasteiger partial charge in [-0.15, -0.1) is 0 Å². The standard InChI is InChI=1S/C15H12F2N4OS/c16-11-3-8(5-18)4-12(17)10(11)6-21-2-1-9-13(7-21)19-15(23)20-14(9)22/h3-4H,1-2,6-7H2,(H2,19,20,22,23). The summed E-state index contributed by atoms with van der Waals surface area (Å²) in [5.74, 6) is -1.49. The molecular formula is C15H12F2N4OS. The second-order valence-corrected chi connectivity index (χ2v) is 5.76. The number of rotatable bonds is 2. The summed E-state index contributed by atoms with van der Waals surface area (Å²) >= 11 is 4.94. The van der Waals surface area contributed by atoms with Crippen molar-refractivity contribution in [1.82, 2.24) is 14.9 Å². The van der Waals surface area contributed by atoms with Crippen LogP contribution < -0.4 is 5.56 Å². The molecule has 23 heavy (non-hydrogen) atoms. The predicted molar refractivity (Wildman–Crippen MR) is 81.1 cm³/mol.